The molecule has 1 aliphatic rings. The molecule has 2 rings (SSSR count). The molecule has 1 aliphatic heterocycles. The Morgan fingerprint density at radius 3 is 2.56 bits per heavy atom. The molecule has 1 aromatic carbocycles. The average Bonchev–Trinajstić information content (AvgIpc) is 2.59. The summed E-state index contributed by atoms with van der Waals surface area (Å²) in [7, 11) is -3.55. The zero-order chi connectivity index (χ0) is 20.1. The van der Waals surface area contributed by atoms with E-state index in [1.807, 2.05) is 26.8 Å². The highest BCUT2D eigenvalue weighted by Crippen LogP contribution is 2.20. The molecule has 27 heavy (non-hydrogen) atoms. The van der Waals surface area contributed by atoms with Gasteiger partial charge in [0.05, 0.1) is 17.4 Å². The van der Waals surface area contributed by atoms with E-state index < -0.39 is 21.7 Å². The predicted molar refractivity (Wildman–Crippen MR) is 102 cm³/mol. The summed E-state index contributed by atoms with van der Waals surface area (Å²) in [6.07, 6.45) is 2.16. The second kappa shape index (κ2) is 8.72. The first-order valence-corrected chi connectivity index (χ1v) is 10.7. The number of benzene rings is 1. The van der Waals surface area contributed by atoms with Crippen LogP contribution in [-0.4, -0.2) is 44.1 Å². The van der Waals surface area contributed by atoms with Gasteiger partial charge in [-0.2, -0.15) is 5.26 Å². The highest BCUT2D eigenvalue weighted by atomic mass is 32.2. The van der Waals surface area contributed by atoms with E-state index in [2.05, 4.69) is 4.72 Å². The molecule has 1 atom stereocenters. The van der Waals surface area contributed by atoms with Crippen LogP contribution in [0.15, 0.2) is 24.3 Å². The smallest absolute Gasteiger partial charge is 0.410 e. The Morgan fingerprint density at radius 1 is 1.30 bits per heavy atom. The summed E-state index contributed by atoms with van der Waals surface area (Å²) in [5.41, 5.74) is 0.502. The fourth-order valence-electron chi connectivity index (χ4n) is 2.94. The van der Waals surface area contributed by atoms with Crippen LogP contribution in [0.5, 0.6) is 0 Å². The van der Waals surface area contributed by atoms with Crippen molar-refractivity contribution in [1.82, 2.24) is 9.62 Å². The maximum Gasteiger partial charge on any atom is 0.410 e. The Hall–Kier alpha value is -2.11. The minimum atomic E-state index is -3.55. The molecule has 8 heteroatoms. The van der Waals surface area contributed by atoms with Crippen LogP contribution in [-0.2, 0) is 20.5 Å². The van der Waals surface area contributed by atoms with Crippen molar-refractivity contribution >= 4 is 16.1 Å². The number of carbonyl (C=O) groups excluding carboxylic acids is 1. The second-order valence-corrected chi connectivity index (χ2v) is 9.55. The Balaban J connectivity index is 1.97. The Labute approximate surface area is 161 Å². The van der Waals surface area contributed by atoms with Gasteiger partial charge in [0.25, 0.3) is 0 Å². The molecule has 0 saturated carbocycles. The number of nitriles is 1. The molecule has 1 amide bonds. The minimum Gasteiger partial charge on any atom is -0.444 e. The molecule has 7 nitrogen and oxygen atoms in total. The number of hydrogen-bond donors (Lipinski definition) is 1. The van der Waals surface area contributed by atoms with E-state index in [-0.39, 0.29) is 18.3 Å². The lowest BCUT2D eigenvalue weighted by molar-refractivity contribution is 0.0105. The van der Waals surface area contributed by atoms with E-state index in [0.717, 1.165) is 19.3 Å². The molecule has 1 N–H and O–H groups in total. The number of likely N-dealkylation sites (tertiary alicyclic amines) is 1. The first kappa shape index (κ1) is 21.2. The third-order valence-electron chi connectivity index (χ3n) is 4.23. The van der Waals surface area contributed by atoms with Crippen molar-refractivity contribution in [3.05, 3.63) is 35.4 Å². The van der Waals surface area contributed by atoms with Gasteiger partial charge in [-0.05, 0) is 57.7 Å². The number of piperidine rings is 1. The highest BCUT2D eigenvalue weighted by Gasteiger charge is 2.31. The molecule has 148 valence electrons. The van der Waals surface area contributed by atoms with Gasteiger partial charge in [0, 0.05) is 19.1 Å². The normalized spacial score (nSPS) is 18.0. The van der Waals surface area contributed by atoms with Crippen LogP contribution in [0.1, 0.15) is 51.2 Å². The van der Waals surface area contributed by atoms with Crippen LogP contribution >= 0.6 is 0 Å². The Kier molecular flexibility index (Phi) is 6.84. The summed E-state index contributed by atoms with van der Waals surface area (Å²) >= 11 is 0. The maximum absolute atomic E-state index is 12.4. The standard InChI is InChI=1S/C19H27N3O4S/c1-19(2,3)26-18(23)22-11-5-4-6-17(22)13-21-27(24,25)14-16-9-7-15(12-20)8-10-16/h7-10,17,21H,4-6,11,13-14H2,1-3H3. The fraction of sp³-hybridized carbons (Fsp3) is 0.579. The molecule has 1 saturated heterocycles. The number of nitrogens with one attached hydrogen (secondary N) is 1. The van der Waals surface area contributed by atoms with Crippen LogP contribution in [0.4, 0.5) is 4.79 Å². The summed E-state index contributed by atoms with van der Waals surface area (Å²) in [5, 5.41) is 8.81. The number of amides is 1. The van der Waals surface area contributed by atoms with Crippen molar-refractivity contribution in [1.29, 1.82) is 5.26 Å². The van der Waals surface area contributed by atoms with Crippen molar-refractivity contribution in [2.24, 2.45) is 0 Å². The summed E-state index contributed by atoms with van der Waals surface area (Å²) < 4.78 is 32.8. The fourth-order valence-corrected chi connectivity index (χ4v) is 4.12. The van der Waals surface area contributed by atoms with Crippen LogP contribution in [0.3, 0.4) is 0 Å². The van der Waals surface area contributed by atoms with Crippen molar-refractivity contribution in [3.63, 3.8) is 0 Å². The van der Waals surface area contributed by atoms with Crippen LogP contribution in [0, 0.1) is 11.3 Å². The van der Waals surface area contributed by atoms with Gasteiger partial charge in [-0.1, -0.05) is 12.1 Å². The van der Waals surface area contributed by atoms with Gasteiger partial charge in [0.2, 0.25) is 10.0 Å². The quantitative estimate of drug-likeness (QED) is 0.829. The van der Waals surface area contributed by atoms with Gasteiger partial charge in [-0.3, -0.25) is 0 Å². The number of rotatable bonds is 5. The maximum atomic E-state index is 12.4. The minimum absolute atomic E-state index is 0.165. The van der Waals surface area contributed by atoms with E-state index in [4.69, 9.17) is 10.00 Å². The van der Waals surface area contributed by atoms with E-state index in [9.17, 15) is 13.2 Å². The molecule has 1 heterocycles. The largest absolute Gasteiger partial charge is 0.444 e. The first-order valence-electron chi connectivity index (χ1n) is 9.06. The van der Waals surface area contributed by atoms with Crippen molar-refractivity contribution in [2.75, 3.05) is 13.1 Å². The SMILES string of the molecule is CC(C)(C)OC(=O)N1CCCCC1CNS(=O)(=O)Cc1ccc(C#N)cc1. The van der Waals surface area contributed by atoms with Crippen molar-refractivity contribution in [3.8, 4) is 6.07 Å². The zero-order valence-corrected chi connectivity index (χ0v) is 16.9. The van der Waals surface area contributed by atoms with E-state index in [1.165, 1.54) is 0 Å². The summed E-state index contributed by atoms with van der Waals surface area (Å²) in [4.78, 5) is 14.0. The number of hydrogen-bond acceptors (Lipinski definition) is 5. The Bertz CT molecular complexity index is 792. The predicted octanol–water partition coefficient (Wildman–Crippen LogP) is 2.77. The number of sulfonamides is 1. The van der Waals surface area contributed by atoms with E-state index in [0.29, 0.717) is 17.7 Å². The average molecular weight is 394 g/mol. The second-order valence-electron chi connectivity index (χ2n) is 7.74. The van der Waals surface area contributed by atoms with Gasteiger partial charge >= 0.3 is 6.09 Å². The molecule has 1 aromatic rings. The van der Waals surface area contributed by atoms with Crippen molar-refractivity contribution in [2.45, 2.75) is 57.4 Å². The molecule has 0 radical (unpaired) electrons. The first-order chi connectivity index (χ1) is 12.6. The highest BCUT2D eigenvalue weighted by molar-refractivity contribution is 7.88. The van der Waals surface area contributed by atoms with Gasteiger partial charge in [0.15, 0.2) is 0 Å². The molecule has 1 unspecified atom stereocenters. The van der Waals surface area contributed by atoms with Gasteiger partial charge in [0.1, 0.15) is 5.60 Å². The monoisotopic (exact) mass is 393 g/mol. The topological polar surface area (TPSA) is 99.5 Å². The van der Waals surface area contributed by atoms with Crippen molar-refractivity contribution < 1.29 is 17.9 Å². The molecular weight excluding hydrogens is 366 g/mol. The molecular formula is C19H27N3O4S. The van der Waals surface area contributed by atoms with Crippen LogP contribution in [0.2, 0.25) is 0 Å². The third-order valence-corrected chi connectivity index (χ3v) is 5.55. The lowest BCUT2D eigenvalue weighted by atomic mass is 10.0. The lowest BCUT2D eigenvalue weighted by Gasteiger charge is -2.36. The molecule has 0 aliphatic carbocycles. The summed E-state index contributed by atoms with van der Waals surface area (Å²) in [5.74, 6) is -0.169. The van der Waals surface area contributed by atoms with E-state index >= 15 is 0 Å². The van der Waals surface area contributed by atoms with Gasteiger partial charge in [-0.25, -0.2) is 17.9 Å². The third kappa shape index (κ3) is 6.85. The molecule has 0 aromatic heterocycles. The Morgan fingerprint density at radius 2 is 1.96 bits per heavy atom. The van der Waals surface area contributed by atoms with Crippen LogP contribution < -0.4 is 4.72 Å². The lowest BCUT2D eigenvalue weighted by Crippen LogP contribution is -2.50. The molecule has 0 spiro atoms. The molecule has 0 bridgehead atoms. The van der Waals surface area contributed by atoms with Crippen LogP contribution in [0.25, 0.3) is 0 Å². The number of ether oxygens (including phenoxy) is 1. The number of carbonyl (C=O) groups is 1. The summed E-state index contributed by atoms with van der Waals surface area (Å²) in [6, 6.07) is 8.23. The molecule has 1 fully saturated rings. The number of nitrogens with zero attached hydrogens (tertiary/aromatic N) is 2. The summed E-state index contributed by atoms with van der Waals surface area (Å²) in [6.45, 7) is 6.16. The van der Waals surface area contributed by atoms with Gasteiger partial charge < -0.3 is 9.64 Å². The van der Waals surface area contributed by atoms with Gasteiger partial charge in [-0.15, -0.1) is 0 Å². The zero-order valence-electron chi connectivity index (χ0n) is 16.1. The van der Waals surface area contributed by atoms with E-state index in [1.54, 1.807) is 29.2 Å².